The molecule has 0 bridgehead atoms. The number of Topliss-reactive ketones (excluding diaryl/α,β-unsaturated/α-hetero) is 1. The molecule has 0 aliphatic heterocycles. The summed E-state index contributed by atoms with van der Waals surface area (Å²) < 4.78 is 21.6. The van der Waals surface area contributed by atoms with Gasteiger partial charge in [-0.05, 0) is 51.1 Å². The van der Waals surface area contributed by atoms with Crippen molar-refractivity contribution in [2.75, 3.05) is 14.2 Å². The predicted molar refractivity (Wildman–Crippen MR) is 106 cm³/mol. The Balaban J connectivity index is 2.23. The quantitative estimate of drug-likeness (QED) is 0.467. The third-order valence-electron chi connectivity index (χ3n) is 3.86. The summed E-state index contributed by atoms with van der Waals surface area (Å²) in [6.07, 6.45) is -0.106. The van der Waals surface area contributed by atoms with Crippen molar-refractivity contribution in [2.24, 2.45) is 0 Å². The average molecular weight is 407 g/mol. The molecule has 28 heavy (non-hydrogen) atoms. The van der Waals surface area contributed by atoms with E-state index in [9.17, 15) is 9.59 Å². The summed E-state index contributed by atoms with van der Waals surface area (Å²) in [7, 11) is 2.97. The van der Waals surface area contributed by atoms with Crippen molar-refractivity contribution >= 4 is 23.4 Å². The Morgan fingerprint density at radius 2 is 1.68 bits per heavy atom. The van der Waals surface area contributed by atoms with Crippen LogP contribution in [0.25, 0.3) is 0 Å². The Labute approximate surface area is 169 Å². The van der Waals surface area contributed by atoms with Crippen LogP contribution in [0.3, 0.4) is 0 Å². The second kappa shape index (κ2) is 9.46. The van der Waals surface area contributed by atoms with Crippen LogP contribution in [0.15, 0.2) is 30.3 Å². The molecule has 0 amide bonds. The van der Waals surface area contributed by atoms with Gasteiger partial charge in [0.2, 0.25) is 0 Å². The van der Waals surface area contributed by atoms with E-state index < -0.39 is 5.97 Å². The molecule has 0 N–H and O–H groups in total. The fourth-order valence-electron chi connectivity index (χ4n) is 2.52. The first-order chi connectivity index (χ1) is 13.3. The summed E-state index contributed by atoms with van der Waals surface area (Å²) in [6.45, 7) is 5.13. The molecule has 0 radical (unpaired) electrons. The maximum absolute atomic E-state index is 12.5. The fraction of sp³-hybridized carbons (Fsp3) is 0.333. The smallest absolute Gasteiger partial charge is 0.338 e. The lowest BCUT2D eigenvalue weighted by Crippen LogP contribution is -2.10. The second-order valence-corrected chi connectivity index (χ2v) is 6.72. The van der Waals surface area contributed by atoms with Crippen LogP contribution >= 0.6 is 11.6 Å². The van der Waals surface area contributed by atoms with Gasteiger partial charge in [-0.1, -0.05) is 11.6 Å². The topological polar surface area (TPSA) is 71.1 Å². The third-order valence-corrected chi connectivity index (χ3v) is 4.15. The minimum atomic E-state index is -0.591. The number of methoxy groups -OCH3 is 2. The molecule has 150 valence electrons. The first-order valence-corrected chi connectivity index (χ1v) is 9.03. The third kappa shape index (κ3) is 5.16. The number of benzene rings is 2. The molecule has 2 aromatic rings. The average Bonchev–Trinajstić information content (AvgIpc) is 2.66. The molecule has 0 saturated carbocycles. The van der Waals surface area contributed by atoms with Crippen LogP contribution in [0, 0.1) is 0 Å². The number of hydrogen-bond donors (Lipinski definition) is 0. The Bertz CT molecular complexity index is 875. The summed E-state index contributed by atoms with van der Waals surface area (Å²) in [4.78, 5) is 24.1. The Hall–Kier alpha value is -2.73. The molecular formula is C21H23ClO6. The molecule has 0 atom stereocenters. The molecule has 0 aromatic heterocycles. The maximum Gasteiger partial charge on any atom is 0.338 e. The Morgan fingerprint density at radius 1 is 1.00 bits per heavy atom. The zero-order chi connectivity index (χ0) is 20.8. The lowest BCUT2D eigenvalue weighted by molar-refractivity contribution is 0.0469. The van der Waals surface area contributed by atoms with E-state index in [1.807, 2.05) is 13.8 Å². The van der Waals surface area contributed by atoms with E-state index in [1.165, 1.54) is 33.3 Å². The molecule has 2 aromatic carbocycles. The first-order valence-electron chi connectivity index (χ1n) is 8.66. The van der Waals surface area contributed by atoms with Gasteiger partial charge >= 0.3 is 5.97 Å². The normalized spacial score (nSPS) is 10.5. The lowest BCUT2D eigenvalue weighted by Gasteiger charge is -2.16. The summed E-state index contributed by atoms with van der Waals surface area (Å²) in [6, 6.07) is 7.94. The minimum Gasteiger partial charge on any atom is -0.496 e. The Morgan fingerprint density at radius 3 is 2.25 bits per heavy atom. The maximum atomic E-state index is 12.5. The van der Waals surface area contributed by atoms with Crippen LogP contribution < -0.4 is 14.2 Å². The van der Waals surface area contributed by atoms with Gasteiger partial charge in [0.15, 0.2) is 17.3 Å². The molecule has 0 aliphatic carbocycles. The van der Waals surface area contributed by atoms with Crippen molar-refractivity contribution < 1.29 is 28.5 Å². The minimum absolute atomic E-state index is 0.0622. The van der Waals surface area contributed by atoms with E-state index in [1.54, 1.807) is 18.2 Å². The molecule has 2 rings (SSSR count). The van der Waals surface area contributed by atoms with E-state index in [2.05, 4.69) is 0 Å². The zero-order valence-electron chi connectivity index (χ0n) is 16.5. The van der Waals surface area contributed by atoms with E-state index in [0.717, 1.165) is 0 Å². The number of hydrogen-bond acceptors (Lipinski definition) is 6. The number of carbonyl (C=O) groups is 2. The number of esters is 1. The molecule has 0 unspecified atom stereocenters. The summed E-state index contributed by atoms with van der Waals surface area (Å²) in [5.74, 6) is 0.545. The SMILES string of the molecule is COc1ccc(C(C)=O)cc1COC(=O)c1cc(Cl)c(OC(C)C)c(OC)c1. The lowest BCUT2D eigenvalue weighted by atomic mass is 10.1. The van der Waals surface area contributed by atoms with E-state index in [4.69, 9.17) is 30.5 Å². The highest BCUT2D eigenvalue weighted by atomic mass is 35.5. The van der Waals surface area contributed by atoms with Gasteiger partial charge < -0.3 is 18.9 Å². The van der Waals surface area contributed by atoms with Crippen molar-refractivity contribution in [1.29, 1.82) is 0 Å². The van der Waals surface area contributed by atoms with Gasteiger partial charge in [0.25, 0.3) is 0 Å². The highest BCUT2D eigenvalue weighted by Crippen LogP contribution is 2.37. The zero-order valence-corrected chi connectivity index (χ0v) is 17.3. The van der Waals surface area contributed by atoms with Crippen molar-refractivity contribution in [3.8, 4) is 17.2 Å². The number of ether oxygens (including phenoxy) is 4. The molecule has 0 fully saturated rings. The number of rotatable bonds is 8. The Kier molecular flexibility index (Phi) is 7.29. The fourth-order valence-corrected chi connectivity index (χ4v) is 2.78. The summed E-state index contributed by atoms with van der Waals surface area (Å²) in [5, 5.41) is 0.246. The van der Waals surface area contributed by atoms with Gasteiger partial charge in [0.1, 0.15) is 12.4 Å². The van der Waals surface area contributed by atoms with Gasteiger partial charge in [-0.3, -0.25) is 4.79 Å². The van der Waals surface area contributed by atoms with Crippen molar-refractivity contribution in [2.45, 2.75) is 33.5 Å². The van der Waals surface area contributed by atoms with E-state index in [0.29, 0.717) is 28.4 Å². The van der Waals surface area contributed by atoms with Crippen molar-refractivity contribution in [1.82, 2.24) is 0 Å². The molecule has 7 heteroatoms. The molecule has 0 heterocycles. The number of ketones is 1. The van der Waals surface area contributed by atoms with Gasteiger partial charge in [-0.2, -0.15) is 0 Å². The number of carbonyl (C=O) groups excluding carboxylic acids is 2. The van der Waals surface area contributed by atoms with Crippen LogP contribution in [-0.4, -0.2) is 32.1 Å². The molecule has 0 aliphatic rings. The highest BCUT2D eigenvalue weighted by molar-refractivity contribution is 6.32. The first kappa shape index (κ1) is 21.6. The van der Waals surface area contributed by atoms with Gasteiger partial charge in [0.05, 0.1) is 30.9 Å². The largest absolute Gasteiger partial charge is 0.496 e. The summed E-state index contributed by atoms with van der Waals surface area (Å²) >= 11 is 6.25. The molecule has 0 saturated heterocycles. The molecular weight excluding hydrogens is 384 g/mol. The monoisotopic (exact) mass is 406 g/mol. The van der Waals surface area contributed by atoms with Crippen molar-refractivity contribution in [3.63, 3.8) is 0 Å². The van der Waals surface area contributed by atoms with Gasteiger partial charge in [0, 0.05) is 11.1 Å². The highest BCUT2D eigenvalue weighted by Gasteiger charge is 2.18. The predicted octanol–water partition coefficient (Wildman–Crippen LogP) is 4.70. The van der Waals surface area contributed by atoms with Gasteiger partial charge in [-0.15, -0.1) is 0 Å². The van der Waals surface area contributed by atoms with Crippen LogP contribution in [0.1, 0.15) is 47.1 Å². The van der Waals surface area contributed by atoms with Crippen LogP contribution in [0.5, 0.6) is 17.2 Å². The number of halogens is 1. The van der Waals surface area contributed by atoms with Crippen LogP contribution in [0.4, 0.5) is 0 Å². The van der Waals surface area contributed by atoms with Gasteiger partial charge in [-0.25, -0.2) is 4.79 Å². The van der Waals surface area contributed by atoms with E-state index in [-0.39, 0.29) is 29.1 Å². The molecule has 6 nitrogen and oxygen atoms in total. The van der Waals surface area contributed by atoms with Crippen LogP contribution in [-0.2, 0) is 11.3 Å². The van der Waals surface area contributed by atoms with Crippen molar-refractivity contribution in [3.05, 3.63) is 52.0 Å². The summed E-state index contributed by atoms with van der Waals surface area (Å²) in [5.41, 5.74) is 1.31. The molecule has 0 spiro atoms. The van der Waals surface area contributed by atoms with E-state index >= 15 is 0 Å². The second-order valence-electron chi connectivity index (χ2n) is 6.32. The standard InChI is InChI=1S/C21H23ClO6/c1-12(2)28-20-17(22)9-15(10-19(20)26-5)21(24)27-11-16-8-14(13(3)23)6-7-18(16)25-4/h6-10,12H,11H2,1-5H3. The van der Waals surface area contributed by atoms with Crippen LogP contribution in [0.2, 0.25) is 5.02 Å².